The van der Waals surface area contributed by atoms with Crippen LogP contribution >= 0.6 is 0 Å². The molecule has 2 bridgehead atoms. The summed E-state index contributed by atoms with van der Waals surface area (Å²) >= 11 is 0. The molecule has 1 aromatic rings. The zero-order valence-corrected chi connectivity index (χ0v) is 13.5. The molecular weight excluding hydrogens is 262 g/mol. The zero-order valence-electron chi connectivity index (χ0n) is 13.5. The largest absolute Gasteiger partial charge is 0.374 e. The number of nitrogens with zero attached hydrogens (tertiary/aromatic N) is 2. The van der Waals surface area contributed by atoms with Crippen LogP contribution in [0.15, 0.2) is 0 Å². The van der Waals surface area contributed by atoms with Crippen molar-refractivity contribution in [2.45, 2.75) is 71.0 Å². The van der Waals surface area contributed by atoms with Gasteiger partial charge in [0.15, 0.2) is 0 Å². The van der Waals surface area contributed by atoms with Gasteiger partial charge in [0.2, 0.25) is 0 Å². The van der Waals surface area contributed by atoms with E-state index < -0.39 is 0 Å². The summed E-state index contributed by atoms with van der Waals surface area (Å²) in [5, 5.41) is 3.45. The fourth-order valence-corrected chi connectivity index (χ4v) is 3.72. The maximum Gasteiger partial charge on any atom is 0.134 e. The zero-order chi connectivity index (χ0) is 14.8. The molecule has 0 amide bonds. The molecule has 3 atom stereocenters. The first-order valence-electron chi connectivity index (χ1n) is 8.39. The third-order valence-corrected chi connectivity index (χ3v) is 4.85. The minimum atomic E-state index is 0.367. The third-order valence-electron chi connectivity index (χ3n) is 4.85. The molecule has 0 saturated carbocycles. The summed E-state index contributed by atoms with van der Waals surface area (Å²) in [5.41, 5.74) is 3.61. The van der Waals surface area contributed by atoms with Crippen molar-refractivity contribution in [1.29, 1.82) is 0 Å². The van der Waals surface area contributed by atoms with Crippen molar-refractivity contribution in [2.24, 2.45) is 0 Å². The van der Waals surface area contributed by atoms with Crippen LogP contribution in [0.25, 0.3) is 0 Å². The Bertz CT molecular complexity index is 480. The van der Waals surface area contributed by atoms with Crippen LogP contribution in [0, 0.1) is 13.8 Å². The Kier molecular flexibility index (Phi) is 4.55. The van der Waals surface area contributed by atoms with Gasteiger partial charge in [-0.1, -0.05) is 6.92 Å². The molecular formula is C17H27N3O. The highest BCUT2D eigenvalue weighted by atomic mass is 16.5. The lowest BCUT2D eigenvalue weighted by molar-refractivity contribution is 0.0998. The molecule has 2 aliphatic rings. The van der Waals surface area contributed by atoms with Crippen molar-refractivity contribution in [3.05, 3.63) is 22.8 Å². The lowest BCUT2D eigenvalue weighted by Crippen LogP contribution is -2.21. The molecule has 3 rings (SSSR count). The van der Waals surface area contributed by atoms with E-state index in [-0.39, 0.29) is 0 Å². The number of ether oxygens (including phenoxy) is 1. The van der Waals surface area contributed by atoms with Crippen LogP contribution in [0.1, 0.15) is 61.3 Å². The van der Waals surface area contributed by atoms with Crippen molar-refractivity contribution in [1.82, 2.24) is 15.3 Å². The number of fused-ring (bicyclic) bond motifs is 2. The summed E-state index contributed by atoms with van der Waals surface area (Å²) in [6, 6.07) is 0. The monoisotopic (exact) mass is 289 g/mol. The number of hydrogen-bond acceptors (Lipinski definition) is 4. The summed E-state index contributed by atoms with van der Waals surface area (Å²) < 4.78 is 5.95. The van der Waals surface area contributed by atoms with E-state index in [9.17, 15) is 0 Å². The Labute approximate surface area is 127 Å². The number of nitrogens with one attached hydrogen (secondary N) is 1. The Morgan fingerprint density at radius 3 is 2.48 bits per heavy atom. The quantitative estimate of drug-likeness (QED) is 0.818. The molecule has 3 heterocycles. The highest BCUT2D eigenvalue weighted by Crippen LogP contribution is 2.43. The predicted octanol–water partition coefficient (Wildman–Crippen LogP) is 2.67. The average Bonchev–Trinajstić information content (AvgIpc) is 3.08. The molecule has 2 aliphatic heterocycles. The van der Waals surface area contributed by atoms with Crippen molar-refractivity contribution in [3.63, 3.8) is 0 Å². The molecule has 0 radical (unpaired) electrons. The smallest absolute Gasteiger partial charge is 0.134 e. The van der Waals surface area contributed by atoms with Gasteiger partial charge in [0.25, 0.3) is 0 Å². The minimum absolute atomic E-state index is 0.367. The highest BCUT2D eigenvalue weighted by Gasteiger charge is 2.43. The second kappa shape index (κ2) is 6.41. The fourth-order valence-electron chi connectivity index (χ4n) is 3.72. The summed E-state index contributed by atoms with van der Waals surface area (Å²) in [4.78, 5) is 9.63. The van der Waals surface area contributed by atoms with Gasteiger partial charge in [-0.2, -0.15) is 0 Å². The maximum absolute atomic E-state index is 5.95. The molecule has 2 fully saturated rings. The van der Waals surface area contributed by atoms with Crippen molar-refractivity contribution in [2.75, 3.05) is 13.1 Å². The molecule has 0 spiro atoms. The van der Waals surface area contributed by atoms with Crippen molar-refractivity contribution < 1.29 is 4.74 Å². The summed E-state index contributed by atoms with van der Waals surface area (Å²) in [6.07, 6.45) is 6.54. The minimum Gasteiger partial charge on any atom is -0.374 e. The van der Waals surface area contributed by atoms with E-state index in [1.165, 1.54) is 24.8 Å². The van der Waals surface area contributed by atoms with E-state index >= 15 is 0 Å². The van der Waals surface area contributed by atoms with Crippen LogP contribution in [0.5, 0.6) is 0 Å². The first-order valence-corrected chi connectivity index (χ1v) is 8.39. The van der Waals surface area contributed by atoms with Crippen molar-refractivity contribution in [3.8, 4) is 0 Å². The fraction of sp³-hybridized carbons (Fsp3) is 0.765. The van der Waals surface area contributed by atoms with Gasteiger partial charge in [0.1, 0.15) is 5.82 Å². The van der Waals surface area contributed by atoms with Gasteiger partial charge in [-0.05, 0) is 64.6 Å². The van der Waals surface area contributed by atoms with Crippen LogP contribution in [0.4, 0.5) is 0 Å². The van der Waals surface area contributed by atoms with Crippen LogP contribution in [0.3, 0.4) is 0 Å². The first-order chi connectivity index (χ1) is 10.2. The molecule has 0 aromatic carbocycles. The molecule has 1 N–H and O–H groups in total. The first kappa shape index (κ1) is 14.9. The standard InChI is InChI=1S/C17H27N3O/c1-4-8-18-9-7-14-11(2)19-17(20-12(14)3)15-10-13-5-6-16(15)21-13/h13,15-16,18H,4-10H2,1-3H3. The van der Waals surface area contributed by atoms with E-state index in [1.54, 1.807) is 0 Å². The van der Waals surface area contributed by atoms with Gasteiger partial charge in [-0.25, -0.2) is 9.97 Å². The topological polar surface area (TPSA) is 47.0 Å². The van der Waals surface area contributed by atoms with E-state index in [2.05, 4.69) is 26.1 Å². The van der Waals surface area contributed by atoms with Gasteiger partial charge in [0, 0.05) is 17.3 Å². The SMILES string of the molecule is CCCNCCc1c(C)nc(C2CC3CCC2O3)nc1C. The van der Waals surface area contributed by atoms with Gasteiger partial charge in [-0.3, -0.25) is 0 Å². The maximum atomic E-state index is 5.95. The van der Waals surface area contributed by atoms with E-state index in [0.717, 1.165) is 43.1 Å². The molecule has 21 heavy (non-hydrogen) atoms. The number of aryl methyl sites for hydroxylation is 2. The van der Waals surface area contributed by atoms with Crippen LogP contribution in [-0.2, 0) is 11.2 Å². The van der Waals surface area contributed by atoms with Gasteiger partial charge < -0.3 is 10.1 Å². The average molecular weight is 289 g/mol. The number of hydrogen-bond donors (Lipinski definition) is 1. The molecule has 116 valence electrons. The lowest BCUT2D eigenvalue weighted by Gasteiger charge is -2.19. The normalized spacial score (nSPS) is 27.5. The second-order valence-corrected chi connectivity index (χ2v) is 6.45. The van der Waals surface area contributed by atoms with E-state index in [0.29, 0.717) is 18.1 Å². The summed E-state index contributed by atoms with van der Waals surface area (Å²) in [7, 11) is 0. The molecule has 4 heteroatoms. The Morgan fingerprint density at radius 2 is 1.90 bits per heavy atom. The predicted molar refractivity (Wildman–Crippen MR) is 83.6 cm³/mol. The molecule has 2 saturated heterocycles. The Balaban J connectivity index is 1.70. The van der Waals surface area contributed by atoms with Gasteiger partial charge >= 0.3 is 0 Å². The molecule has 1 aromatic heterocycles. The van der Waals surface area contributed by atoms with Gasteiger partial charge in [-0.15, -0.1) is 0 Å². The Morgan fingerprint density at radius 1 is 1.14 bits per heavy atom. The molecule has 0 aliphatic carbocycles. The summed E-state index contributed by atoms with van der Waals surface area (Å²) in [5.74, 6) is 1.44. The van der Waals surface area contributed by atoms with E-state index in [1.807, 2.05) is 0 Å². The van der Waals surface area contributed by atoms with Crippen LogP contribution < -0.4 is 5.32 Å². The van der Waals surface area contributed by atoms with Crippen molar-refractivity contribution >= 4 is 0 Å². The Hall–Kier alpha value is -1.00. The molecule has 3 unspecified atom stereocenters. The number of rotatable bonds is 6. The van der Waals surface area contributed by atoms with E-state index in [4.69, 9.17) is 14.7 Å². The number of aromatic nitrogens is 2. The highest BCUT2D eigenvalue weighted by molar-refractivity contribution is 5.26. The lowest BCUT2D eigenvalue weighted by atomic mass is 9.88. The second-order valence-electron chi connectivity index (χ2n) is 6.45. The summed E-state index contributed by atoms with van der Waals surface area (Å²) in [6.45, 7) is 8.54. The third kappa shape index (κ3) is 3.11. The van der Waals surface area contributed by atoms with Crippen LogP contribution in [0.2, 0.25) is 0 Å². The van der Waals surface area contributed by atoms with Gasteiger partial charge in [0.05, 0.1) is 12.2 Å². The van der Waals surface area contributed by atoms with Crippen LogP contribution in [-0.4, -0.2) is 35.3 Å². The molecule has 4 nitrogen and oxygen atoms in total.